The molecule has 1 nitrogen and oxygen atoms in total. The minimum Gasteiger partial charge on any atom is -0.309 e. The number of nitrogens with zero attached hydrogens (tertiary/aromatic N) is 1. The van der Waals surface area contributed by atoms with Crippen LogP contribution in [0.5, 0.6) is 0 Å². The van der Waals surface area contributed by atoms with Gasteiger partial charge in [-0.05, 0) is 65.4 Å². The second kappa shape index (κ2) is 6.34. The SMILES string of the molecule is CCC1(CC)c2ccccc2-c2cc3c(cc21)c1ccccc1n3-c1ccccc1. The van der Waals surface area contributed by atoms with Crippen LogP contribution in [0.2, 0.25) is 0 Å². The van der Waals surface area contributed by atoms with Crippen molar-refractivity contribution in [3.05, 3.63) is 102 Å². The van der Waals surface area contributed by atoms with Gasteiger partial charge in [0.1, 0.15) is 0 Å². The highest BCUT2D eigenvalue weighted by Gasteiger charge is 2.40. The number of aromatic nitrogens is 1. The molecule has 1 heteroatoms. The fraction of sp³-hybridized carbons (Fsp3) is 0.172. The zero-order chi connectivity index (χ0) is 20.3. The Morgan fingerprint density at radius 3 is 2.10 bits per heavy atom. The van der Waals surface area contributed by atoms with Gasteiger partial charge in [0.2, 0.25) is 0 Å². The molecule has 0 bridgehead atoms. The van der Waals surface area contributed by atoms with Gasteiger partial charge in [-0.1, -0.05) is 74.5 Å². The summed E-state index contributed by atoms with van der Waals surface area (Å²) < 4.78 is 2.42. The van der Waals surface area contributed by atoms with Gasteiger partial charge in [-0.25, -0.2) is 0 Å². The van der Waals surface area contributed by atoms with E-state index in [1.54, 1.807) is 0 Å². The third-order valence-electron chi connectivity index (χ3n) is 7.28. The molecule has 146 valence electrons. The maximum absolute atomic E-state index is 2.50. The summed E-state index contributed by atoms with van der Waals surface area (Å²) in [5.41, 5.74) is 9.69. The van der Waals surface area contributed by atoms with Gasteiger partial charge in [0.15, 0.2) is 0 Å². The Balaban J connectivity index is 1.79. The van der Waals surface area contributed by atoms with Crippen molar-refractivity contribution < 1.29 is 0 Å². The average Bonchev–Trinajstić information content (AvgIpc) is 3.28. The molecule has 0 N–H and O–H groups in total. The van der Waals surface area contributed by atoms with Crippen molar-refractivity contribution in [3.63, 3.8) is 0 Å². The highest BCUT2D eigenvalue weighted by molar-refractivity contribution is 6.11. The molecule has 30 heavy (non-hydrogen) atoms. The van der Waals surface area contributed by atoms with E-state index in [-0.39, 0.29) is 5.41 Å². The first-order valence-electron chi connectivity index (χ1n) is 11.0. The van der Waals surface area contributed by atoms with Crippen molar-refractivity contribution in [2.24, 2.45) is 0 Å². The molecule has 0 amide bonds. The van der Waals surface area contributed by atoms with E-state index in [1.807, 2.05) is 0 Å². The number of para-hydroxylation sites is 2. The summed E-state index contributed by atoms with van der Waals surface area (Å²) in [5, 5.41) is 2.68. The molecular weight excluding hydrogens is 362 g/mol. The summed E-state index contributed by atoms with van der Waals surface area (Å²) in [6.45, 7) is 4.68. The van der Waals surface area contributed by atoms with E-state index < -0.39 is 0 Å². The van der Waals surface area contributed by atoms with Crippen molar-refractivity contribution in [2.75, 3.05) is 0 Å². The van der Waals surface area contributed by atoms with E-state index in [4.69, 9.17) is 0 Å². The predicted molar refractivity (Wildman–Crippen MR) is 128 cm³/mol. The van der Waals surface area contributed by atoms with Gasteiger partial charge in [-0.3, -0.25) is 0 Å². The lowest BCUT2D eigenvalue weighted by atomic mass is 9.73. The second-order valence-electron chi connectivity index (χ2n) is 8.44. The zero-order valence-electron chi connectivity index (χ0n) is 17.5. The van der Waals surface area contributed by atoms with Crippen molar-refractivity contribution in [1.82, 2.24) is 4.57 Å². The molecule has 6 rings (SSSR count). The molecule has 5 aromatic rings. The molecule has 0 unspecified atom stereocenters. The fourth-order valence-electron chi connectivity index (χ4n) is 5.78. The standard InChI is InChI=1S/C29H25N/c1-3-29(4-2)25-16-10-8-14-21(25)23-19-28-24(18-26(23)29)22-15-9-11-17-27(22)30(28)20-12-6-5-7-13-20/h5-19H,3-4H2,1-2H3. The third-order valence-corrected chi connectivity index (χ3v) is 7.28. The van der Waals surface area contributed by atoms with Crippen LogP contribution in [0.25, 0.3) is 38.6 Å². The van der Waals surface area contributed by atoms with Gasteiger partial charge in [-0.2, -0.15) is 0 Å². The minimum atomic E-state index is 0.107. The molecule has 1 heterocycles. The molecule has 0 fully saturated rings. The third kappa shape index (κ3) is 2.13. The molecule has 0 saturated carbocycles. The predicted octanol–water partition coefficient (Wildman–Crippen LogP) is 7.87. The van der Waals surface area contributed by atoms with Gasteiger partial charge in [0.25, 0.3) is 0 Å². The van der Waals surface area contributed by atoms with Gasteiger partial charge in [-0.15, -0.1) is 0 Å². The average molecular weight is 388 g/mol. The van der Waals surface area contributed by atoms with E-state index in [1.165, 1.54) is 49.7 Å². The van der Waals surface area contributed by atoms with Gasteiger partial charge in [0, 0.05) is 21.9 Å². The summed E-state index contributed by atoms with van der Waals surface area (Å²) in [6, 6.07) is 33.5. The first-order valence-corrected chi connectivity index (χ1v) is 11.0. The maximum Gasteiger partial charge on any atom is 0.0547 e. The van der Waals surface area contributed by atoms with Crippen LogP contribution in [0.4, 0.5) is 0 Å². The topological polar surface area (TPSA) is 4.93 Å². The molecule has 0 radical (unpaired) electrons. The molecule has 0 saturated heterocycles. The van der Waals surface area contributed by atoms with Crippen LogP contribution in [-0.4, -0.2) is 4.57 Å². The van der Waals surface area contributed by atoms with Crippen molar-refractivity contribution in [1.29, 1.82) is 0 Å². The van der Waals surface area contributed by atoms with Crippen LogP contribution in [0.3, 0.4) is 0 Å². The van der Waals surface area contributed by atoms with Crippen LogP contribution in [0.15, 0.2) is 91.0 Å². The van der Waals surface area contributed by atoms with Crippen LogP contribution in [0.1, 0.15) is 37.8 Å². The summed E-state index contributed by atoms with van der Waals surface area (Å²) in [5.74, 6) is 0. The number of benzene rings is 4. The molecule has 1 aliphatic rings. The highest BCUT2D eigenvalue weighted by Crippen LogP contribution is 2.54. The minimum absolute atomic E-state index is 0.107. The Labute approximate surface area is 177 Å². The second-order valence-corrected chi connectivity index (χ2v) is 8.44. The lowest BCUT2D eigenvalue weighted by molar-refractivity contribution is 0.491. The normalized spacial score (nSPS) is 14.2. The molecule has 1 aromatic heterocycles. The van der Waals surface area contributed by atoms with Gasteiger partial charge in [0.05, 0.1) is 11.0 Å². The van der Waals surface area contributed by atoms with Crippen molar-refractivity contribution in [2.45, 2.75) is 32.1 Å². The summed E-state index contributed by atoms with van der Waals surface area (Å²) in [4.78, 5) is 0. The van der Waals surface area contributed by atoms with Gasteiger partial charge < -0.3 is 4.57 Å². The van der Waals surface area contributed by atoms with E-state index in [2.05, 4.69) is 109 Å². The molecule has 0 aliphatic heterocycles. The van der Waals surface area contributed by atoms with E-state index in [0.29, 0.717) is 0 Å². The summed E-state index contributed by atoms with van der Waals surface area (Å²) in [7, 11) is 0. The zero-order valence-corrected chi connectivity index (χ0v) is 17.5. The van der Waals surface area contributed by atoms with E-state index in [9.17, 15) is 0 Å². The van der Waals surface area contributed by atoms with Crippen LogP contribution in [-0.2, 0) is 5.41 Å². The van der Waals surface area contributed by atoms with Gasteiger partial charge >= 0.3 is 0 Å². The molecule has 0 atom stereocenters. The number of fused-ring (bicyclic) bond motifs is 6. The van der Waals surface area contributed by atoms with Crippen molar-refractivity contribution in [3.8, 4) is 16.8 Å². The Morgan fingerprint density at radius 1 is 0.600 bits per heavy atom. The fourth-order valence-corrected chi connectivity index (χ4v) is 5.78. The lowest BCUT2D eigenvalue weighted by Crippen LogP contribution is -2.22. The first-order chi connectivity index (χ1) is 14.8. The number of hydrogen-bond acceptors (Lipinski definition) is 0. The van der Waals surface area contributed by atoms with Crippen LogP contribution >= 0.6 is 0 Å². The quantitative estimate of drug-likeness (QED) is 0.297. The summed E-state index contributed by atoms with van der Waals surface area (Å²) >= 11 is 0. The molecule has 0 spiro atoms. The molecule has 4 aromatic carbocycles. The highest BCUT2D eigenvalue weighted by atomic mass is 15.0. The number of hydrogen-bond donors (Lipinski definition) is 0. The lowest BCUT2D eigenvalue weighted by Gasteiger charge is -2.29. The molecule has 1 aliphatic carbocycles. The Bertz CT molecular complexity index is 1400. The van der Waals surface area contributed by atoms with Crippen LogP contribution in [0, 0.1) is 0 Å². The first kappa shape index (κ1) is 17.5. The molecular formula is C29H25N. The van der Waals surface area contributed by atoms with Crippen molar-refractivity contribution >= 4 is 21.8 Å². The number of rotatable bonds is 3. The van der Waals surface area contributed by atoms with Crippen LogP contribution < -0.4 is 0 Å². The maximum atomic E-state index is 2.50. The van der Waals surface area contributed by atoms with E-state index in [0.717, 1.165) is 12.8 Å². The largest absolute Gasteiger partial charge is 0.309 e. The Morgan fingerprint density at radius 2 is 1.30 bits per heavy atom. The summed E-state index contributed by atoms with van der Waals surface area (Å²) in [6.07, 6.45) is 2.24. The van der Waals surface area contributed by atoms with E-state index >= 15 is 0 Å². The Kier molecular flexibility index (Phi) is 3.70. The smallest absolute Gasteiger partial charge is 0.0547 e. The monoisotopic (exact) mass is 387 g/mol. The Hall–Kier alpha value is -3.32.